The number of fused-ring (bicyclic) bond motifs is 4. The number of pyridine rings is 1. The van der Waals surface area contributed by atoms with Crippen molar-refractivity contribution in [3.8, 4) is 0 Å². The fourth-order valence-corrected chi connectivity index (χ4v) is 6.16. The molecule has 35 heavy (non-hydrogen) atoms. The molecule has 0 saturated carbocycles. The van der Waals surface area contributed by atoms with Crippen molar-refractivity contribution in [3.05, 3.63) is 77.5 Å². The summed E-state index contributed by atoms with van der Waals surface area (Å²) in [7, 11) is -11.0. The maximum absolute atomic E-state index is 13.1. The largest absolute Gasteiger partial charge is 1.00 e. The van der Waals surface area contributed by atoms with Crippen molar-refractivity contribution in [1.82, 2.24) is 4.98 Å². The molecule has 1 aliphatic rings. The second-order valence-electron chi connectivity index (χ2n) is 7.47. The van der Waals surface area contributed by atoms with E-state index >= 15 is 0 Å². The van der Waals surface area contributed by atoms with Crippen molar-refractivity contribution in [2.75, 3.05) is 0 Å². The number of carbonyl (C=O) groups is 2. The summed E-state index contributed by atoms with van der Waals surface area (Å²) >= 11 is 0. The van der Waals surface area contributed by atoms with E-state index in [4.69, 9.17) is 0 Å². The van der Waals surface area contributed by atoms with E-state index in [1.165, 1.54) is 6.07 Å². The van der Waals surface area contributed by atoms with Crippen LogP contribution in [0, 0.1) is 0 Å². The van der Waals surface area contributed by atoms with Crippen LogP contribution in [-0.2, 0) is 20.2 Å². The summed E-state index contributed by atoms with van der Waals surface area (Å²) in [6.45, 7) is 0. The summed E-state index contributed by atoms with van der Waals surface area (Å²) in [5, 5.41) is 2.61. The molecule has 0 fully saturated rings. The molecule has 0 saturated heterocycles. The molecular weight excluding hydrogens is 516 g/mol. The third-order valence-corrected chi connectivity index (χ3v) is 7.52. The first-order valence-corrected chi connectivity index (χ1v) is 12.3. The Morgan fingerprint density at radius 3 is 2.06 bits per heavy atom. The molecule has 13 heteroatoms. The molecule has 9 nitrogen and oxygen atoms in total. The summed E-state index contributed by atoms with van der Waals surface area (Å²) in [5.74, 6) is -3.54. The van der Waals surface area contributed by atoms with Gasteiger partial charge in [0.1, 0.15) is 26.2 Å². The van der Waals surface area contributed by atoms with E-state index in [9.17, 15) is 35.5 Å². The van der Waals surface area contributed by atoms with Gasteiger partial charge in [0.25, 0.3) is 0 Å². The van der Waals surface area contributed by atoms with E-state index in [0.29, 0.717) is 11.6 Å². The molecule has 0 bridgehead atoms. The van der Waals surface area contributed by atoms with Crippen LogP contribution in [0.4, 0.5) is 0 Å². The molecular formula is C22H11NNa2O8S2. The average molecular weight is 527 g/mol. The molecule has 166 valence electrons. The molecule has 4 aromatic rings. The van der Waals surface area contributed by atoms with E-state index in [1.54, 1.807) is 12.1 Å². The smallest absolute Gasteiger partial charge is 0.744 e. The Balaban J connectivity index is 0.00000171. The predicted octanol–water partition coefficient (Wildman–Crippen LogP) is -3.63. The standard InChI is InChI=1S/C22H13NO8S2.2Na/c24-20-14-7-10-17(32(26,27)28)22(33(29,30)31)18(14)21(25)19(20)16-9-6-13-12-4-2-1-3-11(12)5-8-15(13)23-16;;/h1-10,19H,(H,26,27,28)(H,29,30,31);;/q;2*+1/p-2. The van der Waals surface area contributed by atoms with E-state index in [-0.39, 0.29) is 64.8 Å². The number of aromatic nitrogens is 1. The summed E-state index contributed by atoms with van der Waals surface area (Å²) in [6, 6.07) is 15.6. The minimum absolute atomic E-state index is 0. The monoisotopic (exact) mass is 527 g/mol. The van der Waals surface area contributed by atoms with Crippen LogP contribution in [0.5, 0.6) is 0 Å². The molecule has 0 amide bonds. The van der Waals surface area contributed by atoms with Crippen LogP contribution < -0.4 is 59.1 Å². The summed E-state index contributed by atoms with van der Waals surface area (Å²) < 4.78 is 70.0. The Labute approximate surface area is 244 Å². The molecule has 0 N–H and O–H groups in total. The predicted molar refractivity (Wildman–Crippen MR) is 113 cm³/mol. The number of hydrogen-bond acceptors (Lipinski definition) is 9. The third-order valence-electron chi connectivity index (χ3n) is 5.59. The Hall–Kier alpha value is -1.51. The van der Waals surface area contributed by atoms with Crippen LogP contribution in [0.15, 0.2) is 70.5 Å². The fourth-order valence-electron chi connectivity index (χ4n) is 4.21. The SMILES string of the molecule is O=C1c2ccc(S(=O)(=O)[O-])c(S(=O)(=O)[O-])c2C(=O)C1c1ccc2c(ccc3ccccc32)n1.[Na+].[Na+]. The number of ketones is 2. The molecule has 1 aromatic heterocycles. The average Bonchev–Trinajstić information content (AvgIpc) is 3.01. The van der Waals surface area contributed by atoms with Gasteiger partial charge in [0.2, 0.25) is 0 Å². The fraction of sp³-hybridized carbons (Fsp3) is 0.0455. The zero-order valence-electron chi connectivity index (χ0n) is 18.4. The molecule has 1 aliphatic carbocycles. The number of Topliss-reactive ketones (excluding diaryl/α,β-unsaturated/α-hetero) is 2. The van der Waals surface area contributed by atoms with Gasteiger partial charge in [0, 0.05) is 16.5 Å². The van der Waals surface area contributed by atoms with Crippen molar-refractivity contribution in [2.24, 2.45) is 0 Å². The third kappa shape index (κ3) is 4.66. The topological polar surface area (TPSA) is 161 Å². The Bertz CT molecular complexity index is 1770. The molecule has 5 rings (SSSR count). The van der Waals surface area contributed by atoms with Crippen LogP contribution in [0.3, 0.4) is 0 Å². The van der Waals surface area contributed by atoms with E-state index in [2.05, 4.69) is 4.98 Å². The quantitative estimate of drug-likeness (QED) is 0.113. The first-order valence-electron chi connectivity index (χ1n) is 9.44. The van der Waals surface area contributed by atoms with Gasteiger partial charge >= 0.3 is 59.1 Å². The van der Waals surface area contributed by atoms with Gasteiger partial charge in [-0.05, 0) is 35.0 Å². The van der Waals surface area contributed by atoms with Gasteiger partial charge in [-0.25, -0.2) is 16.8 Å². The van der Waals surface area contributed by atoms with Crippen molar-refractivity contribution in [2.45, 2.75) is 15.7 Å². The summed E-state index contributed by atoms with van der Waals surface area (Å²) in [5.41, 5.74) is -0.864. The number of carbonyl (C=O) groups excluding carboxylic acids is 2. The molecule has 0 aliphatic heterocycles. The van der Waals surface area contributed by atoms with Crippen LogP contribution in [0.1, 0.15) is 32.3 Å². The minimum atomic E-state index is -5.59. The maximum atomic E-state index is 13.1. The van der Waals surface area contributed by atoms with E-state index in [1.807, 2.05) is 30.3 Å². The zero-order valence-corrected chi connectivity index (χ0v) is 24.0. The molecule has 1 atom stereocenters. The van der Waals surface area contributed by atoms with Crippen molar-refractivity contribution < 1.29 is 94.6 Å². The number of rotatable bonds is 3. The molecule has 1 unspecified atom stereocenters. The molecule has 3 aromatic carbocycles. The van der Waals surface area contributed by atoms with Crippen molar-refractivity contribution >= 4 is 53.5 Å². The Kier molecular flexibility index (Phi) is 7.82. The second-order valence-corrected chi connectivity index (χ2v) is 10.1. The van der Waals surface area contributed by atoms with Gasteiger partial charge in [-0.1, -0.05) is 36.4 Å². The summed E-state index contributed by atoms with van der Waals surface area (Å²) in [6.07, 6.45) is 0. The summed E-state index contributed by atoms with van der Waals surface area (Å²) in [4.78, 5) is 27.7. The zero-order chi connectivity index (χ0) is 23.7. The van der Waals surface area contributed by atoms with E-state index < -0.39 is 58.6 Å². The van der Waals surface area contributed by atoms with Crippen molar-refractivity contribution in [3.63, 3.8) is 0 Å². The van der Waals surface area contributed by atoms with Crippen molar-refractivity contribution in [1.29, 1.82) is 0 Å². The first-order chi connectivity index (χ1) is 15.5. The van der Waals surface area contributed by atoms with Gasteiger partial charge in [-0.2, -0.15) is 0 Å². The van der Waals surface area contributed by atoms with Crippen LogP contribution >= 0.6 is 0 Å². The van der Waals surface area contributed by atoms with Gasteiger partial charge in [0.15, 0.2) is 11.6 Å². The first kappa shape index (κ1) is 28.1. The van der Waals surface area contributed by atoms with Gasteiger partial charge in [-0.3, -0.25) is 14.6 Å². The molecule has 0 radical (unpaired) electrons. The van der Waals surface area contributed by atoms with Gasteiger partial charge in [0.05, 0.1) is 21.0 Å². The van der Waals surface area contributed by atoms with Gasteiger partial charge in [-0.15, -0.1) is 0 Å². The Morgan fingerprint density at radius 2 is 1.40 bits per heavy atom. The molecule has 0 spiro atoms. The minimum Gasteiger partial charge on any atom is -0.744 e. The Morgan fingerprint density at radius 1 is 0.714 bits per heavy atom. The van der Waals surface area contributed by atoms with Crippen LogP contribution in [-0.4, -0.2) is 42.5 Å². The van der Waals surface area contributed by atoms with Crippen LogP contribution in [0.25, 0.3) is 21.7 Å². The number of nitrogens with zero attached hydrogens (tertiary/aromatic N) is 1. The number of hydrogen-bond donors (Lipinski definition) is 0. The van der Waals surface area contributed by atoms with Crippen LogP contribution in [0.2, 0.25) is 0 Å². The van der Waals surface area contributed by atoms with Gasteiger partial charge < -0.3 is 9.11 Å². The molecule has 1 heterocycles. The second kappa shape index (κ2) is 9.75. The van der Waals surface area contributed by atoms with E-state index in [0.717, 1.165) is 22.2 Å². The normalized spacial score (nSPS) is 15.5. The number of benzene rings is 3. The maximum Gasteiger partial charge on any atom is 1.00 e.